The van der Waals surface area contributed by atoms with E-state index in [1.54, 1.807) is 12.4 Å². The summed E-state index contributed by atoms with van der Waals surface area (Å²) < 4.78 is 24.8. The second-order valence-corrected chi connectivity index (χ2v) is 4.37. The highest BCUT2D eigenvalue weighted by atomic mass is 32.2. The van der Waals surface area contributed by atoms with E-state index in [-0.39, 0.29) is 5.75 Å². The standard InChI is InChI=1S/C5H5N.C5H8O5S/c1-2-4-6-5-3-1;1-3-5(6)9-10-11(7,8)4-2/h1-5H;3H,1,4H2,2H3. The lowest BCUT2D eigenvalue weighted by Gasteiger charge is -1.97. The average Bonchev–Trinajstić information content (AvgIpc) is 2.39. The third-order valence-electron chi connectivity index (χ3n) is 1.31. The smallest absolute Gasteiger partial charge is 0.277 e. The molecule has 17 heavy (non-hydrogen) atoms. The van der Waals surface area contributed by atoms with E-state index in [4.69, 9.17) is 0 Å². The summed E-state index contributed by atoms with van der Waals surface area (Å²) >= 11 is 0. The first-order valence-electron chi connectivity index (χ1n) is 4.62. The van der Waals surface area contributed by atoms with Crippen molar-refractivity contribution in [2.24, 2.45) is 0 Å². The van der Waals surface area contributed by atoms with Crippen LogP contribution in [-0.2, 0) is 24.1 Å². The Balaban J connectivity index is 0.000000354. The van der Waals surface area contributed by atoms with Gasteiger partial charge in [0.2, 0.25) is 0 Å². The van der Waals surface area contributed by atoms with Crippen molar-refractivity contribution in [1.82, 2.24) is 4.98 Å². The van der Waals surface area contributed by atoms with Crippen molar-refractivity contribution in [3.05, 3.63) is 43.2 Å². The molecule has 0 N–H and O–H groups in total. The van der Waals surface area contributed by atoms with E-state index in [1.807, 2.05) is 18.2 Å². The Hall–Kier alpha value is -1.73. The van der Waals surface area contributed by atoms with Gasteiger partial charge in [-0.2, -0.15) is 8.42 Å². The molecule has 94 valence electrons. The summed E-state index contributed by atoms with van der Waals surface area (Å²) in [4.78, 5) is 17.8. The first kappa shape index (κ1) is 15.3. The van der Waals surface area contributed by atoms with Gasteiger partial charge < -0.3 is 0 Å². The van der Waals surface area contributed by atoms with Crippen molar-refractivity contribution in [2.75, 3.05) is 5.75 Å². The Kier molecular flexibility index (Phi) is 7.57. The fraction of sp³-hybridized carbons (Fsp3) is 0.200. The van der Waals surface area contributed by atoms with Gasteiger partial charge in [-0.05, 0) is 19.1 Å². The summed E-state index contributed by atoms with van der Waals surface area (Å²) in [5.41, 5.74) is 0. The van der Waals surface area contributed by atoms with Gasteiger partial charge in [0.05, 0.1) is 5.75 Å². The number of aromatic nitrogens is 1. The predicted octanol–water partition coefficient (Wildman–Crippen LogP) is 1.08. The van der Waals surface area contributed by atoms with Gasteiger partial charge in [0.1, 0.15) is 0 Å². The van der Waals surface area contributed by atoms with E-state index < -0.39 is 16.1 Å². The van der Waals surface area contributed by atoms with Crippen molar-refractivity contribution >= 4 is 16.1 Å². The van der Waals surface area contributed by atoms with Crippen LogP contribution in [0.5, 0.6) is 0 Å². The Bertz CT molecular complexity index is 403. The summed E-state index contributed by atoms with van der Waals surface area (Å²) in [6.07, 6.45) is 4.30. The first-order chi connectivity index (χ1) is 8.02. The lowest BCUT2D eigenvalue weighted by atomic mass is 10.5. The number of hydrogen-bond donors (Lipinski definition) is 0. The maximum atomic E-state index is 10.5. The maximum Gasteiger partial charge on any atom is 0.366 e. The van der Waals surface area contributed by atoms with Crippen molar-refractivity contribution < 1.29 is 22.4 Å². The number of pyridine rings is 1. The van der Waals surface area contributed by atoms with Crippen LogP contribution in [0.25, 0.3) is 0 Å². The number of hydrogen-bond acceptors (Lipinski definition) is 6. The second-order valence-electron chi connectivity index (χ2n) is 2.55. The molecular formula is C10H13NO5S. The monoisotopic (exact) mass is 259 g/mol. The molecule has 6 nitrogen and oxygen atoms in total. The molecule has 0 aliphatic carbocycles. The van der Waals surface area contributed by atoms with E-state index in [0.29, 0.717) is 0 Å². The molecule has 0 fully saturated rings. The minimum Gasteiger partial charge on any atom is -0.277 e. The molecule has 0 aromatic carbocycles. The van der Waals surface area contributed by atoms with Gasteiger partial charge >= 0.3 is 16.1 Å². The zero-order chi connectivity index (χ0) is 13.1. The molecule has 0 atom stereocenters. The quantitative estimate of drug-likeness (QED) is 0.457. The maximum absolute atomic E-state index is 10.5. The third kappa shape index (κ3) is 9.21. The van der Waals surface area contributed by atoms with Crippen molar-refractivity contribution in [3.8, 4) is 0 Å². The van der Waals surface area contributed by atoms with Crippen LogP contribution in [0.4, 0.5) is 0 Å². The van der Waals surface area contributed by atoms with Crippen LogP contribution in [0.3, 0.4) is 0 Å². The van der Waals surface area contributed by atoms with E-state index >= 15 is 0 Å². The molecule has 1 aromatic heterocycles. The summed E-state index contributed by atoms with van der Waals surface area (Å²) in [6, 6.07) is 5.72. The summed E-state index contributed by atoms with van der Waals surface area (Å²) in [6.45, 7) is 4.40. The zero-order valence-electron chi connectivity index (χ0n) is 9.28. The molecule has 1 aromatic rings. The molecule has 0 amide bonds. The molecule has 0 saturated carbocycles. The van der Waals surface area contributed by atoms with E-state index in [2.05, 4.69) is 20.8 Å². The van der Waals surface area contributed by atoms with Crippen LogP contribution in [0.1, 0.15) is 6.92 Å². The molecule has 1 heterocycles. The summed E-state index contributed by atoms with van der Waals surface area (Å²) in [7, 11) is -3.72. The molecule has 0 aliphatic heterocycles. The number of rotatable bonds is 4. The molecular weight excluding hydrogens is 246 g/mol. The highest BCUT2D eigenvalue weighted by Gasteiger charge is 2.10. The topological polar surface area (TPSA) is 82.6 Å². The minimum absolute atomic E-state index is 0.253. The van der Waals surface area contributed by atoms with Gasteiger partial charge in [0.25, 0.3) is 0 Å². The fourth-order valence-electron chi connectivity index (χ4n) is 0.480. The summed E-state index contributed by atoms with van der Waals surface area (Å²) in [5, 5.41) is 0. The molecule has 0 aliphatic rings. The number of carbonyl (C=O) groups excluding carboxylic acids is 1. The van der Waals surface area contributed by atoms with Gasteiger partial charge in [0.15, 0.2) is 0 Å². The Labute approximate surface area is 99.9 Å². The zero-order valence-corrected chi connectivity index (χ0v) is 10.1. The van der Waals surface area contributed by atoms with Crippen molar-refractivity contribution in [2.45, 2.75) is 6.92 Å². The Morgan fingerprint density at radius 2 is 1.94 bits per heavy atom. The fourth-order valence-corrected chi connectivity index (χ4v) is 0.747. The number of nitrogens with zero attached hydrogens (tertiary/aromatic N) is 1. The van der Waals surface area contributed by atoms with Gasteiger partial charge in [-0.1, -0.05) is 17.0 Å². The van der Waals surface area contributed by atoms with Gasteiger partial charge in [-0.3, -0.25) is 9.87 Å². The molecule has 0 unspecified atom stereocenters. The minimum atomic E-state index is -3.72. The number of carbonyl (C=O) groups is 1. The molecule has 0 bridgehead atoms. The van der Waals surface area contributed by atoms with E-state index in [1.165, 1.54) is 6.92 Å². The lowest BCUT2D eigenvalue weighted by Crippen LogP contribution is -2.11. The first-order valence-corrected chi connectivity index (χ1v) is 6.19. The van der Waals surface area contributed by atoms with Crippen LogP contribution >= 0.6 is 0 Å². The van der Waals surface area contributed by atoms with Gasteiger partial charge in [-0.15, -0.1) is 0 Å². The highest BCUT2D eigenvalue weighted by molar-refractivity contribution is 7.86. The molecule has 7 heteroatoms. The van der Waals surface area contributed by atoms with Crippen LogP contribution in [0.2, 0.25) is 0 Å². The SMILES string of the molecule is C=CC(=O)OOS(=O)(=O)CC.c1ccncc1. The molecule has 0 saturated heterocycles. The molecule has 1 rings (SSSR count). The molecule has 0 radical (unpaired) electrons. The largest absolute Gasteiger partial charge is 0.366 e. The van der Waals surface area contributed by atoms with Crippen molar-refractivity contribution in [1.29, 1.82) is 0 Å². The van der Waals surface area contributed by atoms with Crippen molar-refractivity contribution in [3.63, 3.8) is 0 Å². The van der Waals surface area contributed by atoms with Crippen LogP contribution in [0, 0.1) is 0 Å². The summed E-state index contributed by atoms with van der Waals surface area (Å²) in [5.74, 6) is -1.20. The molecule has 0 spiro atoms. The predicted molar refractivity (Wildman–Crippen MR) is 61.1 cm³/mol. The highest BCUT2D eigenvalue weighted by Crippen LogP contribution is 1.93. The lowest BCUT2D eigenvalue weighted by molar-refractivity contribution is -0.204. The Morgan fingerprint density at radius 1 is 1.35 bits per heavy atom. The Morgan fingerprint density at radius 3 is 2.24 bits per heavy atom. The van der Waals surface area contributed by atoms with Gasteiger partial charge in [0, 0.05) is 18.5 Å². The van der Waals surface area contributed by atoms with Gasteiger partial charge in [-0.25, -0.2) is 4.79 Å². The normalized spacial score (nSPS) is 9.71. The second kappa shape index (κ2) is 8.43. The van der Waals surface area contributed by atoms with Crippen LogP contribution in [0.15, 0.2) is 43.2 Å². The van der Waals surface area contributed by atoms with E-state index in [0.717, 1.165) is 6.08 Å². The van der Waals surface area contributed by atoms with Crippen LogP contribution in [-0.4, -0.2) is 25.1 Å². The third-order valence-corrected chi connectivity index (χ3v) is 2.29. The average molecular weight is 259 g/mol. The van der Waals surface area contributed by atoms with E-state index in [9.17, 15) is 13.2 Å². The van der Waals surface area contributed by atoms with Crippen LogP contribution < -0.4 is 0 Å².